The Bertz CT molecular complexity index is 731. The number of carbonyl (C=O) groups excluding carboxylic acids is 1. The molecule has 1 saturated heterocycles. The van der Waals surface area contributed by atoms with E-state index in [2.05, 4.69) is 15.7 Å². The number of piperidine rings is 1. The summed E-state index contributed by atoms with van der Waals surface area (Å²) in [5.74, 6) is -0.193. The predicted octanol–water partition coefficient (Wildman–Crippen LogP) is 1.95. The lowest BCUT2D eigenvalue weighted by molar-refractivity contribution is -0.132. The van der Waals surface area contributed by atoms with E-state index in [1.54, 1.807) is 10.9 Å². The van der Waals surface area contributed by atoms with Crippen LogP contribution in [0.4, 0.5) is 4.39 Å². The third kappa shape index (κ3) is 2.95. The smallest absolute Gasteiger partial charge is 0.248 e. The molecule has 1 aromatic heterocycles. The lowest BCUT2D eigenvalue weighted by Gasteiger charge is -2.37. The van der Waals surface area contributed by atoms with Gasteiger partial charge in [-0.25, -0.2) is 4.39 Å². The Labute approximate surface area is 146 Å². The van der Waals surface area contributed by atoms with Crippen molar-refractivity contribution in [2.45, 2.75) is 36.6 Å². The van der Waals surface area contributed by atoms with Gasteiger partial charge in [0, 0.05) is 24.4 Å². The summed E-state index contributed by atoms with van der Waals surface area (Å²) in [6.45, 7) is 2.20. The minimum absolute atomic E-state index is 0.0334. The molecule has 25 heavy (non-hydrogen) atoms. The molecule has 0 unspecified atom stereocenters. The molecule has 1 saturated carbocycles. The molecule has 132 valence electrons. The highest BCUT2D eigenvalue weighted by Crippen LogP contribution is 2.47. The molecule has 2 fully saturated rings. The quantitative estimate of drug-likeness (QED) is 0.873. The van der Waals surface area contributed by atoms with E-state index in [4.69, 9.17) is 0 Å². The molecule has 5 nitrogen and oxygen atoms in total. The summed E-state index contributed by atoms with van der Waals surface area (Å²) in [5, 5.41) is 10.8. The number of aromatic nitrogens is 2. The molecular formula is C19H23FN4O. The van der Waals surface area contributed by atoms with Gasteiger partial charge >= 0.3 is 0 Å². The summed E-state index contributed by atoms with van der Waals surface area (Å²) >= 11 is 0. The Hall–Kier alpha value is -2.21. The molecule has 1 aliphatic carbocycles. The molecule has 1 aromatic carbocycles. The molecular weight excluding hydrogens is 319 g/mol. The Morgan fingerprint density at radius 2 is 1.92 bits per heavy atom. The van der Waals surface area contributed by atoms with Crippen molar-refractivity contribution in [3.8, 4) is 0 Å². The van der Waals surface area contributed by atoms with Gasteiger partial charge in [0.2, 0.25) is 5.91 Å². The first kappa shape index (κ1) is 16.3. The molecule has 6 heteroatoms. The maximum absolute atomic E-state index is 13.2. The van der Waals surface area contributed by atoms with Gasteiger partial charge in [0.05, 0.1) is 0 Å². The molecule has 1 amide bonds. The molecule has 0 bridgehead atoms. The number of hydrogen-bond donors (Lipinski definition) is 2. The first-order valence-corrected chi connectivity index (χ1v) is 8.90. The van der Waals surface area contributed by atoms with Crippen LogP contribution in [0.5, 0.6) is 0 Å². The summed E-state index contributed by atoms with van der Waals surface area (Å²) in [6, 6.07) is 8.52. The molecule has 2 N–H and O–H groups in total. The highest BCUT2D eigenvalue weighted by molar-refractivity contribution is 5.84. The van der Waals surface area contributed by atoms with Crippen LogP contribution in [0.3, 0.4) is 0 Å². The number of carbonyl (C=O) groups is 1. The second-order valence-corrected chi connectivity index (χ2v) is 7.20. The first-order valence-electron chi connectivity index (χ1n) is 8.90. The second kappa shape index (κ2) is 6.26. The van der Waals surface area contributed by atoms with E-state index >= 15 is 0 Å². The van der Waals surface area contributed by atoms with Crippen LogP contribution in [-0.2, 0) is 15.7 Å². The van der Waals surface area contributed by atoms with Gasteiger partial charge in [-0.15, -0.1) is 0 Å². The number of hydrogen-bond acceptors (Lipinski definition) is 3. The molecule has 2 aliphatic rings. The van der Waals surface area contributed by atoms with Gasteiger partial charge in [0.25, 0.3) is 0 Å². The summed E-state index contributed by atoms with van der Waals surface area (Å²) < 4.78 is 15.0. The Morgan fingerprint density at radius 1 is 1.20 bits per heavy atom. The molecule has 2 heterocycles. The normalized spacial score (nSPS) is 20.8. The zero-order valence-electron chi connectivity index (χ0n) is 14.2. The van der Waals surface area contributed by atoms with Gasteiger partial charge in [-0.2, -0.15) is 5.10 Å². The van der Waals surface area contributed by atoms with Crippen molar-refractivity contribution in [2.75, 3.05) is 19.6 Å². The maximum atomic E-state index is 13.2. The fourth-order valence-electron chi connectivity index (χ4n) is 3.86. The van der Waals surface area contributed by atoms with E-state index < -0.39 is 5.54 Å². The van der Waals surface area contributed by atoms with Crippen molar-refractivity contribution in [3.05, 3.63) is 54.1 Å². The van der Waals surface area contributed by atoms with E-state index in [9.17, 15) is 9.18 Å². The van der Waals surface area contributed by atoms with E-state index in [0.29, 0.717) is 6.54 Å². The monoisotopic (exact) mass is 342 g/mol. The molecule has 2 aromatic rings. The summed E-state index contributed by atoms with van der Waals surface area (Å²) in [5.41, 5.74) is 0.447. The zero-order chi connectivity index (χ0) is 17.3. The third-order valence-corrected chi connectivity index (χ3v) is 5.69. The largest absolute Gasteiger partial charge is 0.353 e. The summed E-state index contributed by atoms with van der Waals surface area (Å²) in [6.07, 6.45) is 7.09. The molecule has 1 aliphatic heterocycles. The van der Waals surface area contributed by atoms with Crippen molar-refractivity contribution in [2.24, 2.45) is 0 Å². The van der Waals surface area contributed by atoms with Gasteiger partial charge in [-0.1, -0.05) is 12.1 Å². The maximum Gasteiger partial charge on any atom is 0.248 e. The second-order valence-electron chi connectivity index (χ2n) is 7.20. The number of benzene rings is 1. The predicted molar refractivity (Wildman–Crippen MR) is 92.6 cm³/mol. The Morgan fingerprint density at radius 3 is 2.52 bits per heavy atom. The molecule has 0 radical (unpaired) electrons. The first-order chi connectivity index (χ1) is 12.1. The van der Waals surface area contributed by atoms with E-state index in [-0.39, 0.29) is 17.1 Å². The van der Waals surface area contributed by atoms with E-state index in [1.165, 1.54) is 12.1 Å². The highest BCUT2D eigenvalue weighted by Gasteiger charge is 2.47. The molecule has 4 rings (SSSR count). The zero-order valence-corrected chi connectivity index (χ0v) is 14.2. The van der Waals surface area contributed by atoms with Crippen LogP contribution in [0.2, 0.25) is 0 Å². The average molecular weight is 342 g/mol. The van der Waals surface area contributed by atoms with Gasteiger partial charge in [-0.3, -0.25) is 9.48 Å². The number of nitrogens with zero attached hydrogens (tertiary/aromatic N) is 2. The van der Waals surface area contributed by atoms with E-state index in [1.807, 2.05) is 24.4 Å². The number of rotatable bonds is 5. The number of nitrogens with one attached hydrogen (secondary N) is 2. The standard InChI is InChI=1S/C19H23FN4O/c20-16-4-2-15(3-5-16)18(6-7-18)14-22-17(25)19(8-11-21-12-9-19)24-13-1-10-23-24/h1-5,10,13,21H,6-9,11-12,14H2,(H,22,25). The van der Waals surface area contributed by atoms with Crippen LogP contribution in [0.15, 0.2) is 42.7 Å². The third-order valence-electron chi connectivity index (χ3n) is 5.69. The summed E-state index contributed by atoms with van der Waals surface area (Å²) in [7, 11) is 0. The van der Waals surface area contributed by atoms with Crippen LogP contribution in [0.25, 0.3) is 0 Å². The van der Waals surface area contributed by atoms with E-state index in [0.717, 1.165) is 44.3 Å². The average Bonchev–Trinajstić information content (AvgIpc) is 3.23. The fraction of sp³-hybridized carbons (Fsp3) is 0.474. The lowest BCUT2D eigenvalue weighted by Crippen LogP contribution is -2.55. The van der Waals surface area contributed by atoms with Crippen LogP contribution in [0, 0.1) is 5.82 Å². The Kier molecular flexibility index (Phi) is 4.07. The minimum atomic E-state index is -0.617. The Balaban J connectivity index is 1.50. The van der Waals surface area contributed by atoms with Crippen LogP contribution >= 0.6 is 0 Å². The SMILES string of the molecule is O=C(NCC1(c2ccc(F)cc2)CC1)C1(n2cccn2)CCNCC1. The molecule has 0 spiro atoms. The van der Waals surface area contributed by atoms with Crippen LogP contribution < -0.4 is 10.6 Å². The number of amides is 1. The van der Waals surface area contributed by atoms with Crippen molar-refractivity contribution >= 4 is 5.91 Å². The van der Waals surface area contributed by atoms with Gasteiger partial charge < -0.3 is 10.6 Å². The topological polar surface area (TPSA) is 59.0 Å². The number of halogens is 1. The van der Waals surface area contributed by atoms with Crippen molar-refractivity contribution in [1.82, 2.24) is 20.4 Å². The summed E-state index contributed by atoms with van der Waals surface area (Å²) in [4.78, 5) is 13.1. The van der Waals surface area contributed by atoms with Gasteiger partial charge in [0.1, 0.15) is 11.4 Å². The minimum Gasteiger partial charge on any atom is -0.353 e. The fourth-order valence-corrected chi connectivity index (χ4v) is 3.86. The van der Waals surface area contributed by atoms with Gasteiger partial charge in [-0.05, 0) is 62.5 Å². The van der Waals surface area contributed by atoms with Crippen molar-refractivity contribution < 1.29 is 9.18 Å². The van der Waals surface area contributed by atoms with Gasteiger partial charge in [0.15, 0.2) is 0 Å². The van der Waals surface area contributed by atoms with Crippen LogP contribution in [0.1, 0.15) is 31.2 Å². The van der Waals surface area contributed by atoms with Crippen LogP contribution in [-0.4, -0.2) is 35.3 Å². The van der Waals surface area contributed by atoms with Crippen molar-refractivity contribution in [3.63, 3.8) is 0 Å². The highest BCUT2D eigenvalue weighted by atomic mass is 19.1. The molecule has 0 atom stereocenters. The van der Waals surface area contributed by atoms with Crippen molar-refractivity contribution in [1.29, 1.82) is 0 Å². The lowest BCUT2D eigenvalue weighted by atomic mass is 9.87.